The van der Waals surface area contributed by atoms with Gasteiger partial charge in [0.05, 0.1) is 10.8 Å². The molecule has 1 heterocycles. The molecule has 0 radical (unpaired) electrons. The summed E-state index contributed by atoms with van der Waals surface area (Å²) in [6.45, 7) is 0. The van der Waals surface area contributed by atoms with Crippen molar-refractivity contribution >= 4 is 32.3 Å². The molecule has 0 aromatic heterocycles. The lowest BCUT2D eigenvalue weighted by atomic mass is 9.61. The molecule has 0 bridgehead atoms. The molecular formula is C62H36O. The van der Waals surface area contributed by atoms with Crippen LogP contribution in [0.3, 0.4) is 0 Å². The molecule has 3 aliphatic carbocycles. The van der Waals surface area contributed by atoms with Crippen LogP contribution in [0.15, 0.2) is 218 Å². The van der Waals surface area contributed by atoms with E-state index < -0.39 is 10.8 Å². The van der Waals surface area contributed by atoms with Crippen LogP contribution in [-0.4, -0.2) is 0 Å². The molecule has 1 heteroatoms. The zero-order chi connectivity index (χ0) is 41.0. The van der Waals surface area contributed by atoms with Gasteiger partial charge >= 0.3 is 0 Å². The second kappa shape index (κ2) is 11.9. The Bertz CT molecular complexity index is 3760. The molecule has 15 rings (SSSR count). The van der Waals surface area contributed by atoms with E-state index in [0.717, 1.165) is 22.3 Å². The molecular weight excluding hydrogens is 761 g/mol. The van der Waals surface area contributed by atoms with Gasteiger partial charge in [0, 0.05) is 21.9 Å². The fraction of sp³-hybridized carbons (Fsp3) is 0.0323. The molecule has 2 spiro atoms. The van der Waals surface area contributed by atoms with Crippen molar-refractivity contribution in [1.29, 1.82) is 0 Å². The van der Waals surface area contributed by atoms with Gasteiger partial charge in [0.2, 0.25) is 0 Å². The van der Waals surface area contributed by atoms with Crippen molar-refractivity contribution in [2.45, 2.75) is 10.8 Å². The fourth-order valence-electron chi connectivity index (χ4n) is 12.8. The van der Waals surface area contributed by atoms with Gasteiger partial charge in [0.1, 0.15) is 11.5 Å². The number of ether oxygens (including phenoxy) is 1. The van der Waals surface area contributed by atoms with Crippen molar-refractivity contribution in [2.75, 3.05) is 0 Å². The van der Waals surface area contributed by atoms with E-state index in [1.165, 1.54) is 111 Å². The highest BCUT2D eigenvalue weighted by Crippen LogP contribution is 2.66. The van der Waals surface area contributed by atoms with Crippen molar-refractivity contribution in [1.82, 2.24) is 0 Å². The van der Waals surface area contributed by atoms with Crippen LogP contribution in [-0.2, 0) is 10.8 Å². The Morgan fingerprint density at radius 1 is 0.270 bits per heavy atom. The monoisotopic (exact) mass is 796 g/mol. The van der Waals surface area contributed by atoms with Gasteiger partial charge in [0.25, 0.3) is 0 Å². The topological polar surface area (TPSA) is 9.23 Å². The Morgan fingerprint density at radius 3 is 1.43 bits per heavy atom. The largest absolute Gasteiger partial charge is 0.455 e. The van der Waals surface area contributed by atoms with E-state index in [2.05, 4.69) is 218 Å². The highest BCUT2D eigenvalue weighted by atomic mass is 16.5. The zero-order valence-corrected chi connectivity index (χ0v) is 34.2. The molecule has 11 aromatic rings. The van der Waals surface area contributed by atoms with Crippen LogP contribution >= 0.6 is 0 Å². The summed E-state index contributed by atoms with van der Waals surface area (Å²) in [5, 5.41) is 7.23. The van der Waals surface area contributed by atoms with Crippen molar-refractivity contribution in [3.8, 4) is 56.0 Å². The highest BCUT2D eigenvalue weighted by molar-refractivity contribution is 6.08. The molecule has 63 heavy (non-hydrogen) atoms. The molecule has 0 fully saturated rings. The quantitative estimate of drug-likeness (QED) is 0.161. The fourth-order valence-corrected chi connectivity index (χ4v) is 12.8. The molecule has 1 unspecified atom stereocenters. The van der Waals surface area contributed by atoms with Crippen LogP contribution < -0.4 is 4.74 Å². The van der Waals surface area contributed by atoms with E-state index in [9.17, 15) is 0 Å². The minimum atomic E-state index is -0.627. The van der Waals surface area contributed by atoms with Crippen LogP contribution in [0.5, 0.6) is 11.5 Å². The first-order chi connectivity index (χ1) is 31.3. The third-order valence-electron chi connectivity index (χ3n) is 15.1. The molecule has 1 nitrogen and oxygen atoms in total. The van der Waals surface area contributed by atoms with Gasteiger partial charge in [-0.05, 0) is 105 Å². The first-order valence-electron chi connectivity index (χ1n) is 22.1. The van der Waals surface area contributed by atoms with Crippen LogP contribution in [0.2, 0.25) is 0 Å². The van der Waals surface area contributed by atoms with Gasteiger partial charge in [-0.3, -0.25) is 0 Å². The van der Waals surface area contributed by atoms with Gasteiger partial charge in [-0.1, -0.05) is 212 Å². The van der Waals surface area contributed by atoms with E-state index in [4.69, 9.17) is 4.74 Å². The van der Waals surface area contributed by atoms with Crippen LogP contribution in [0, 0.1) is 0 Å². The molecule has 0 N–H and O–H groups in total. The average Bonchev–Trinajstić information content (AvgIpc) is 3.81. The molecule has 4 aliphatic rings. The van der Waals surface area contributed by atoms with Gasteiger partial charge < -0.3 is 4.74 Å². The number of rotatable bonds is 1. The summed E-state index contributed by atoms with van der Waals surface area (Å²) >= 11 is 0. The third-order valence-corrected chi connectivity index (χ3v) is 15.1. The maximum absolute atomic E-state index is 7.28. The van der Waals surface area contributed by atoms with Crippen LogP contribution in [0.4, 0.5) is 0 Å². The summed E-state index contributed by atoms with van der Waals surface area (Å²) in [4.78, 5) is 0. The summed E-state index contributed by atoms with van der Waals surface area (Å²) < 4.78 is 7.28. The van der Waals surface area contributed by atoms with Crippen molar-refractivity contribution in [3.63, 3.8) is 0 Å². The van der Waals surface area contributed by atoms with Crippen LogP contribution in [0.1, 0.15) is 44.5 Å². The van der Waals surface area contributed by atoms with E-state index in [0.29, 0.717) is 0 Å². The second-order valence-electron chi connectivity index (χ2n) is 17.8. The van der Waals surface area contributed by atoms with Crippen LogP contribution in [0.25, 0.3) is 76.8 Å². The summed E-state index contributed by atoms with van der Waals surface area (Å²) in [6.07, 6.45) is 0. The zero-order valence-electron chi connectivity index (χ0n) is 34.2. The molecule has 1 atom stereocenters. The Labute approximate surface area is 365 Å². The predicted octanol–water partition coefficient (Wildman–Crippen LogP) is 15.6. The standard InChI is InChI=1S/C62H36O/c1-3-18-42-37(14-1)31-34-54-59(42)63-60-43-19-4-2-15-38(43)32-35-55(60)62(54)49-25-8-5-20-44(49)46-33-30-40(36-56(46)62)41-23-13-29-53-58(41)48-22-7-10-27-51(48)61(53)50-26-9-6-21-45(50)47-24-11-16-39-17-12-28-52(61)57(39)47/h1-36H. The summed E-state index contributed by atoms with van der Waals surface area (Å²) in [5.74, 6) is 1.87. The first-order valence-corrected chi connectivity index (χ1v) is 22.1. The number of benzene rings is 11. The molecule has 11 aromatic carbocycles. The summed E-state index contributed by atoms with van der Waals surface area (Å²) in [5.41, 5.74) is 19.5. The van der Waals surface area contributed by atoms with Gasteiger partial charge in [-0.15, -0.1) is 0 Å². The number of fused-ring (bicyclic) bond motifs is 22. The maximum Gasteiger partial charge on any atom is 0.140 e. The number of hydrogen-bond acceptors (Lipinski definition) is 1. The van der Waals surface area contributed by atoms with Crippen molar-refractivity contribution in [2.24, 2.45) is 0 Å². The van der Waals surface area contributed by atoms with Crippen molar-refractivity contribution in [3.05, 3.63) is 263 Å². The minimum absolute atomic E-state index is 0.485. The lowest BCUT2D eigenvalue weighted by Crippen LogP contribution is -2.32. The molecule has 0 amide bonds. The molecule has 0 saturated heterocycles. The highest BCUT2D eigenvalue weighted by Gasteiger charge is 2.53. The molecule has 0 saturated carbocycles. The van der Waals surface area contributed by atoms with Gasteiger partial charge in [-0.25, -0.2) is 0 Å². The maximum atomic E-state index is 7.28. The number of hydrogen-bond donors (Lipinski definition) is 0. The Hall–Kier alpha value is -8.00. The van der Waals surface area contributed by atoms with Crippen molar-refractivity contribution < 1.29 is 4.74 Å². The third kappa shape index (κ3) is 3.96. The normalized spacial score (nSPS) is 16.3. The summed E-state index contributed by atoms with van der Waals surface area (Å²) in [6, 6.07) is 82.2. The van der Waals surface area contributed by atoms with E-state index in [1.807, 2.05) is 0 Å². The van der Waals surface area contributed by atoms with Gasteiger partial charge in [-0.2, -0.15) is 0 Å². The van der Waals surface area contributed by atoms with E-state index >= 15 is 0 Å². The second-order valence-corrected chi connectivity index (χ2v) is 17.8. The van der Waals surface area contributed by atoms with E-state index in [-0.39, 0.29) is 0 Å². The molecule has 1 aliphatic heterocycles. The Morgan fingerprint density at radius 2 is 0.730 bits per heavy atom. The lowest BCUT2D eigenvalue weighted by Gasteiger charge is -2.40. The summed E-state index contributed by atoms with van der Waals surface area (Å²) in [7, 11) is 0. The lowest BCUT2D eigenvalue weighted by molar-refractivity contribution is 0.447. The predicted molar refractivity (Wildman–Crippen MR) is 258 cm³/mol. The first kappa shape index (κ1) is 33.7. The molecule has 290 valence electrons. The smallest absolute Gasteiger partial charge is 0.140 e. The van der Waals surface area contributed by atoms with Gasteiger partial charge in [0.15, 0.2) is 0 Å². The Balaban J connectivity index is 1.05. The average molecular weight is 797 g/mol. The van der Waals surface area contributed by atoms with E-state index in [1.54, 1.807) is 0 Å². The minimum Gasteiger partial charge on any atom is -0.455 e. The SMILES string of the molecule is c1ccc2c(c1)-c1ccc(-c3cccc4c3-c3ccccc3C43c4ccccc4-c4cccc5cccc3c45)cc1C21c2ccc3ccccc3c2Oc2c1ccc1ccccc21. The Kier molecular flexibility index (Phi) is 6.35.